The van der Waals surface area contributed by atoms with Crippen molar-refractivity contribution < 1.29 is 13.5 Å². The van der Waals surface area contributed by atoms with Crippen LogP contribution in [0, 0.1) is 0 Å². The summed E-state index contributed by atoms with van der Waals surface area (Å²) < 4.78 is 25.1. The molecular weight excluding hydrogens is 230 g/mol. The molecule has 0 aromatic carbocycles. The minimum absolute atomic E-state index is 0.167. The summed E-state index contributed by atoms with van der Waals surface area (Å²) in [6, 6.07) is 0. The van der Waals surface area contributed by atoms with Gasteiger partial charge in [-0.15, -0.1) is 5.10 Å². The first-order valence-electron chi connectivity index (χ1n) is 5.26. The third kappa shape index (κ3) is 1.97. The summed E-state index contributed by atoms with van der Waals surface area (Å²) in [5.41, 5.74) is 0.454. The van der Waals surface area contributed by atoms with Crippen molar-refractivity contribution in [2.45, 2.75) is 30.6 Å². The monoisotopic (exact) mass is 245 g/mol. The molecule has 1 aromatic rings. The summed E-state index contributed by atoms with van der Waals surface area (Å²) in [5, 5.41) is 16.7. The fourth-order valence-electron chi connectivity index (χ4n) is 2.09. The molecule has 16 heavy (non-hydrogen) atoms. The Kier molecular flexibility index (Phi) is 2.98. The van der Waals surface area contributed by atoms with Crippen LogP contribution in [0.2, 0.25) is 0 Å². The minimum Gasteiger partial charge on any atom is -0.385 e. The van der Waals surface area contributed by atoms with Crippen LogP contribution in [0.3, 0.4) is 0 Å². The maximum Gasteiger partial charge on any atom is 0.156 e. The fraction of sp³-hybridized carbons (Fsp3) is 0.778. The number of nitrogens with zero attached hydrogens (tertiary/aromatic N) is 3. The van der Waals surface area contributed by atoms with Gasteiger partial charge in [-0.3, -0.25) is 0 Å². The summed E-state index contributed by atoms with van der Waals surface area (Å²) in [6.45, 7) is 0. The summed E-state index contributed by atoms with van der Waals surface area (Å²) in [6.07, 6.45) is 2.43. The Bertz CT molecular complexity index is 468. The van der Waals surface area contributed by atoms with Crippen molar-refractivity contribution in [1.82, 2.24) is 15.0 Å². The molecule has 0 radical (unpaired) electrons. The highest BCUT2D eigenvalue weighted by Crippen LogP contribution is 2.29. The second-order valence-electron chi connectivity index (χ2n) is 4.13. The van der Waals surface area contributed by atoms with Gasteiger partial charge in [-0.05, 0) is 12.8 Å². The van der Waals surface area contributed by atoms with Crippen LogP contribution in [0.4, 0.5) is 0 Å². The number of hydrogen-bond acceptors (Lipinski definition) is 5. The lowest BCUT2D eigenvalue weighted by Crippen LogP contribution is -2.34. The molecule has 0 aliphatic carbocycles. The highest BCUT2D eigenvalue weighted by molar-refractivity contribution is 7.92. The van der Waals surface area contributed by atoms with E-state index in [0.29, 0.717) is 18.5 Å². The van der Waals surface area contributed by atoms with E-state index in [4.69, 9.17) is 0 Å². The van der Waals surface area contributed by atoms with E-state index in [1.54, 1.807) is 7.05 Å². The quantitative estimate of drug-likeness (QED) is 0.781. The highest BCUT2D eigenvalue weighted by atomic mass is 32.2. The van der Waals surface area contributed by atoms with Crippen molar-refractivity contribution in [1.29, 1.82) is 0 Å². The highest BCUT2D eigenvalue weighted by Gasteiger charge is 2.36. The van der Waals surface area contributed by atoms with Gasteiger partial charge in [-0.1, -0.05) is 11.6 Å². The molecule has 1 N–H and O–H groups in total. The normalized spacial score (nSPS) is 26.5. The van der Waals surface area contributed by atoms with E-state index in [1.807, 2.05) is 0 Å². The van der Waals surface area contributed by atoms with Crippen LogP contribution in [0.15, 0.2) is 6.20 Å². The van der Waals surface area contributed by atoms with Crippen molar-refractivity contribution in [3.8, 4) is 0 Å². The van der Waals surface area contributed by atoms with Crippen LogP contribution in [0.1, 0.15) is 31.1 Å². The average molecular weight is 245 g/mol. The molecule has 2 rings (SSSR count). The zero-order valence-corrected chi connectivity index (χ0v) is 9.89. The fourth-order valence-corrected chi connectivity index (χ4v) is 4.06. The third-order valence-electron chi connectivity index (χ3n) is 3.03. The molecule has 1 fully saturated rings. The van der Waals surface area contributed by atoms with Gasteiger partial charge in [0.1, 0.15) is 6.10 Å². The van der Waals surface area contributed by atoms with Crippen molar-refractivity contribution >= 4 is 9.84 Å². The van der Waals surface area contributed by atoms with E-state index in [1.165, 1.54) is 10.9 Å². The summed E-state index contributed by atoms with van der Waals surface area (Å²) in [5.74, 6) is 0.167. The Hall–Kier alpha value is -0.950. The van der Waals surface area contributed by atoms with Crippen LogP contribution in [0.25, 0.3) is 0 Å². The lowest BCUT2D eigenvalue weighted by Gasteiger charge is -2.26. The van der Waals surface area contributed by atoms with Crippen LogP contribution >= 0.6 is 0 Å². The van der Waals surface area contributed by atoms with E-state index in [-0.39, 0.29) is 5.75 Å². The van der Waals surface area contributed by atoms with Crippen LogP contribution in [0.5, 0.6) is 0 Å². The first kappa shape index (κ1) is 11.5. The molecule has 2 atom stereocenters. The molecule has 6 nitrogen and oxygen atoms in total. The summed E-state index contributed by atoms with van der Waals surface area (Å²) in [7, 11) is -1.54. The van der Waals surface area contributed by atoms with E-state index >= 15 is 0 Å². The second-order valence-corrected chi connectivity index (χ2v) is 6.47. The van der Waals surface area contributed by atoms with Gasteiger partial charge in [-0.2, -0.15) is 0 Å². The molecule has 90 valence electrons. The van der Waals surface area contributed by atoms with Crippen molar-refractivity contribution in [3.05, 3.63) is 11.9 Å². The number of aryl methyl sites for hydroxylation is 1. The van der Waals surface area contributed by atoms with Crippen LogP contribution < -0.4 is 0 Å². The largest absolute Gasteiger partial charge is 0.385 e. The topological polar surface area (TPSA) is 85.1 Å². The Labute approximate surface area is 94.2 Å². The van der Waals surface area contributed by atoms with Crippen LogP contribution in [-0.2, 0) is 16.9 Å². The molecule has 2 unspecified atom stereocenters. The zero-order chi connectivity index (χ0) is 11.8. The molecule has 2 heterocycles. The SMILES string of the molecule is Cn1nncc1C(O)C1CCCCS1(=O)=O. The molecule has 1 aliphatic heterocycles. The van der Waals surface area contributed by atoms with Gasteiger partial charge >= 0.3 is 0 Å². The predicted molar refractivity (Wildman–Crippen MR) is 57.4 cm³/mol. The maximum absolute atomic E-state index is 11.8. The van der Waals surface area contributed by atoms with Crippen molar-refractivity contribution in [2.75, 3.05) is 5.75 Å². The van der Waals surface area contributed by atoms with E-state index in [2.05, 4.69) is 10.3 Å². The number of aliphatic hydroxyl groups is 1. The van der Waals surface area contributed by atoms with Gasteiger partial charge in [0.25, 0.3) is 0 Å². The molecule has 0 bridgehead atoms. The van der Waals surface area contributed by atoms with E-state index < -0.39 is 21.2 Å². The van der Waals surface area contributed by atoms with Gasteiger partial charge in [-0.25, -0.2) is 13.1 Å². The Morgan fingerprint density at radius 2 is 2.31 bits per heavy atom. The zero-order valence-electron chi connectivity index (χ0n) is 9.07. The van der Waals surface area contributed by atoms with Gasteiger partial charge in [0.2, 0.25) is 0 Å². The summed E-state index contributed by atoms with van der Waals surface area (Å²) >= 11 is 0. The first-order valence-corrected chi connectivity index (χ1v) is 6.98. The maximum atomic E-state index is 11.8. The van der Waals surface area contributed by atoms with Gasteiger partial charge < -0.3 is 5.11 Å². The number of aromatic nitrogens is 3. The molecule has 1 aliphatic rings. The van der Waals surface area contributed by atoms with Crippen LogP contribution in [-0.4, -0.2) is 39.5 Å². The standard InChI is InChI=1S/C9H15N3O3S/c1-12-7(6-10-11-12)9(13)8-4-2-3-5-16(8,14)15/h6,8-9,13H,2-5H2,1H3. The predicted octanol–water partition coefficient (Wildman–Crippen LogP) is -0.184. The molecule has 1 saturated heterocycles. The molecule has 0 spiro atoms. The lowest BCUT2D eigenvalue weighted by atomic mass is 10.1. The minimum atomic E-state index is -3.18. The molecule has 0 saturated carbocycles. The smallest absolute Gasteiger partial charge is 0.156 e. The average Bonchev–Trinajstić information content (AvgIpc) is 2.63. The number of hydrogen-bond donors (Lipinski definition) is 1. The van der Waals surface area contributed by atoms with E-state index in [0.717, 1.165) is 6.42 Å². The number of aliphatic hydroxyl groups excluding tert-OH is 1. The molecule has 7 heteroatoms. The molecular formula is C9H15N3O3S. The van der Waals surface area contributed by atoms with Gasteiger partial charge in [0.15, 0.2) is 9.84 Å². The first-order chi connectivity index (χ1) is 7.52. The Morgan fingerprint density at radius 3 is 2.88 bits per heavy atom. The number of sulfone groups is 1. The summed E-state index contributed by atoms with van der Waals surface area (Å²) in [4.78, 5) is 0. The van der Waals surface area contributed by atoms with Gasteiger partial charge in [0, 0.05) is 7.05 Å². The number of rotatable bonds is 2. The third-order valence-corrected chi connectivity index (χ3v) is 5.31. The second kappa shape index (κ2) is 4.14. The molecule has 1 aromatic heterocycles. The Morgan fingerprint density at radius 1 is 1.56 bits per heavy atom. The van der Waals surface area contributed by atoms with Crippen molar-refractivity contribution in [2.24, 2.45) is 7.05 Å². The van der Waals surface area contributed by atoms with E-state index in [9.17, 15) is 13.5 Å². The van der Waals surface area contributed by atoms with Gasteiger partial charge in [0.05, 0.1) is 22.9 Å². The Balaban J connectivity index is 2.28. The lowest BCUT2D eigenvalue weighted by molar-refractivity contribution is 0.155. The molecule has 0 amide bonds. The van der Waals surface area contributed by atoms with Crippen molar-refractivity contribution in [3.63, 3.8) is 0 Å².